The third kappa shape index (κ3) is 8.83. The van der Waals surface area contributed by atoms with Gasteiger partial charge in [0.05, 0.1) is 19.0 Å². The SMILES string of the molecule is CC(C)C=O.CC=O.CCC.CNc1nc2c(ncn2C2CC[C@@H](CO)O2)c(=O)[nH]1. The molecule has 3 N–H and O–H groups in total. The number of aromatic nitrogens is 4. The van der Waals surface area contributed by atoms with Gasteiger partial charge in [0, 0.05) is 13.0 Å². The summed E-state index contributed by atoms with van der Waals surface area (Å²) in [5, 5.41) is 11.9. The molecule has 1 aliphatic rings. The molecule has 1 unspecified atom stereocenters. The van der Waals surface area contributed by atoms with E-state index in [1.807, 2.05) is 13.8 Å². The van der Waals surface area contributed by atoms with Gasteiger partial charge < -0.3 is 24.7 Å². The minimum atomic E-state index is -0.287. The van der Waals surface area contributed by atoms with Gasteiger partial charge >= 0.3 is 0 Å². The quantitative estimate of drug-likeness (QED) is 0.634. The van der Waals surface area contributed by atoms with Crippen molar-refractivity contribution in [1.29, 1.82) is 0 Å². The van der Waals surface area contributed by atoms with Crippen molar-refractivity contribution in [2.75, 3.05) is 19.0 Å². The zero-order valence-corrected chi connectivity index (χ0v) is 18.7. The molecule has 0 spiro atoms. The lowest BCUT2D eigenvalue weighted by Crippen LogP contribution is -2.16. The molecule has 0 aromatic carbocycles. The Labute approximate surface area is 177 Å². The number of carbonyl (C=O) groups excluding carboxylic acids is 2. The molecule has 1 fully saturated rings. The Morgan fingerprint density at radius 3 is 2.37 bits per heavy atom. The molecule has 1 saturated heterocycles. The number of nitrogens with zero attached hydrogens (tertiary/aromatic N) is 3. The van der Waals surface area contributed by atoms with Crippen LogP contribution in [-0.4, -0.2) is 57.0 Å². The number of ether oxygens (including phenoxy) is 1. The number of anilines is 1. The number of aromatic amines is 1. The van der Waals surface area contributed by atoms with Crippen LogP contribution in [0.25, 0.3) is 11.2 Å². The number of hydrogen-bond donors (Lipinski definition) is 3. The molecular formula is C20H35N5O5. The normalized spacial score (nSPS) is 17.1. The number of aliphatic hydroxyl groups excluding tert-OH is 1. The van der Waals surface area contributed by atoms with E-state index in [4.69, 9.17) is 14.6 Å². The van der Waals surface area contributed by atoms with Crippen LogP contribution in [0, 0.1) is 5.92 Å². The second-order valence-corrected chi connectivity index (χ2v) is 6.78. The molecule has 0 aliphatic carbocycles. The van der Waals surface area contributed by atoms with Crippen molar-refractivity contribution in [3.8, 4) is 0 Å². The molecule has 2 atom stereocenters. The smallest absolute Gasteiger partial charge is 0.280 e. The summed E-state index contributed by atoms with van der Waals surface area (Å²) in [7, 11) is 1.68. The first-order chi connectivity index (χ1) is 14.3. The molecule has 0 radical (unpaired) electrons. The van der Waals surface area contributed by atoms with Crippen molar-refractivity contribution in [1.82, 2.24) is 19.5 Å². The van der Waals surface area contributed by atoms with Gasteiger partial charge in [-0.3, -0.25) is 14.3 Å². The number of rotatable bonds is 4. The Balaban J connectivity index is 0.000000643. The van der Waals surface area contributed by atoms with Crippen molar-refractivity contribution in [3.05, 3.63) is 16.7 Å². The van der Waals surface area contributed by atoms with Gasteiger partial charge in [-0.2, -0.15) is 4.98 Å². The summed E-state index contributed by atoms with van der Waals surface area (Å²) in [6.07, 6.45) is 5.62. The predicted molar refractivity (Wildman–Crippen MR) is 117 cm³/mol. The molecule has 0 bridgehead atoms. The summed E-state index contributed by atoms with van der Waals surface area (Å²) in [6.45, 7) is 9.40. The maximum atomic E-state index is 11.8. The number of carbonyl (C=O) groups is 2. The standard InChI is InChI=1S/C11H15N5O3.C4H8O.C3H8.C2H4O/c1-12-11-14-9-8(10(18)15-11)13-5-16(9)7-3-2-6(4-17)19-7;1-4(2)3-5;1-3-2;1-2-3/h5-7,17H,2-4H2,1H3,(H2,12,14,15,18);3-4H,1-2H3;3H2,1-2H3;2H,1H3/t6-,7?;;;/m0.../s1. The summed E-state index contributed by atoms with van der Waals surface area (Å²) in [6, 6.07) is 0. The highest BCUT2D eigenvalue weighted by molar-refractivity contribution is 5.70. The molecular weight excluding hydrogens is 390 g/mol. The van der Waals surface area contributed by atoms with E-state index in [1.54, 1.807) is 17.9 Å². The first kappa shape index (κ1) is 27.4. The van der Waals surface area contributed by atoms with Crippen LogP contribution in [0.2, 0.25) is 0 Å². The third-order valence-corrected chi connectivity index (χ3v) is 3.54. The number of imidazole rings is 1. The summed E-state index contributed by atoms with van der Waals surface area (Å²) >= 11 is 0. The number of H-pyrrole nitrogens is 1. The Morgan fingerprint density at radius 1 is 1.37 bits per heavy atom. The van der Waals surface area contributed by atoms with Gasteiger partial charge in [-0.25, -0.2) is 4.98 Å². The van der Waals surface area contributed by atoms with Crippen molar-refractivity contribution in [3.63, 3.8) is 0 Å². The molecule has 2 aromatic rings. The summed E-state index contributed by atoms with van der Waals surface area (Å²) < 4.78 is 7.41. The van der Waals surface area contributed by atoms with E-state index in [9.17, 15) is 9.59 Å². The van der Waals surface area contributed by atoms with E-state index < -0.39 is 0 Å². The number of aliphatic hydroxyl groups is 1. The number of nitrogens with one attached hydrogen (secondary N) is 2. The van der Waals surface area contributed by atoms with Gasteiger partial charge in [0.2, 0.25) is 5.95 Å². The summed E-state index contributed by atoms with van der Waals surface area (Å²) in [4.78, 5) is 41.1. The maximum Gasteiger partial charge on any atom is 0.280 e. The Bertz CT molecular complexity index is 802. The molecule has 10 heteroatoms. The highest BCUT2D eigenvalue weighted by atomic mass is 16.5. The van der Waals surface area contributed by atoms with Gasteiger partial charge in [-0.1, -0.05) is 34.1 Å². The van der Waals surface area contributed by atoms with E-state index in [-0.39, 0.29) is 35.9 Å². The van der Waals surface area contributed by atoms with E-state index in [0.717, 1.165) is 25.4 Å². The molecule has 10 nitrogen and oxygen atoms in total. The minimum absolute atomic E-state index is 0.00108. The van der Waals surface area contributed by atoms with Crippen LogP contribution in [-0.2, 0) is 14.3 Å². The Morgan fingerprint density at radius 2 is 1.93 bits per heavy atom. The van der Waals surface area contributed by atoms with Crippen molar-refractivity contribution in [2.24, 2.45) is 5.92 Å². The van der Waals surface area contributed by atoms with Gasteiger partial charge in [0.25, 0.3) is 5.56 Å². The molecule has 30 heavy (non-hydrogen) atoms. The largest absolute Gasteiger partial charge is 0.394 e. The minimum Gasteiger partial charge on any atom is -0.394 e. The van der Waals surface area contributed by atoms with Gasteiger partial charge in [0.1, 0.15) is 18.8 Å². The number of hydrogen-bond acceptors (Lipinski definition) is 8. The number of aldehydes is 2. The fourth-order valence-corrected chi connectivity index (χ4v) is 2.28. The van der Waals surface area contributed by atoms with Crippen LogP contribution in [0.4, 0.5) is 5.95 Å². The monoisotopic (exact) mass is 425 g/mol. The first-order valence-electron chi connectivity index (χ1n) is 10.1. The highest BCUT2D eigenvalue weighted by Crippen LogP contribution is 2.29. The van der Waals surface area contributed by atoms with Crippen LogP contribution >= 0.6 is 0 Å². The van der Waals surface area contributed by atoms with E-state index in [0.29, 0.717) is 11.6 Å². The van der Waals surface area contributed by atoms with Crippen LogP contribution < -0.4 is 10.9 Å². The topological polar surface area (TPSA) is 139 Å². The molecule has 0 amide bonds. The highest BCUT2D eigenvalue weighted by Gasteiger charge is 2.27. The fraction of sp³-hybridized carbons (Fsp3) is 0.650. The summed E-state index contributed by atoms with van der Waals surface area (Å²) in [5.74, 6) is 0.589. The van der Waals surface area contributed by atoms with Crippen LogP contribution in [0.15, 0.2) is 11.1 Å². The zero-order valence-electron chi connectivity index (χ0n) is 18.7. The third-order valence-electron chi connectivity index (χ3n) is 3.54. The van der Waals surface area contributed by atoms with Crippen LogP contribution in [0.5, 0.6) is 0 Å². The second-order valence-electron chi connectivity index (χ2n) is 6.78. The number of fused-ring (bicyclic) bond motifs is 1. The lowest BCUT2D eigenvalue weighted by molar-refractivity contribution is -0.110. The van der Waals surface area contributed by atoms with E-state index in [1.165, 1.54) is 13.3 Å². The lowest BCUT2D eigenvalue weighted by atomic mass is 10.2. The van der Waals surface area contributed by atoms with Gasteiger partial charge in [0.15, 0.2) is 11.2 Å². The molecule has 0 saturated carbocycles. The zero-order chi connectivity index (χ0) is 23.1. The Hall–Kier alpha value is -2.59. The molecule has 170 valence electrons. The maximum absolute atomic E-state index is 11.8. The van der Waals surface area contributed by atoms with Gasteiger partial charge in [-0.05, 0) is 19.8 Å². The lowest BCUT2D eigenvalue weighted by Gasteiger charge is -2.13. The molecule has 3 heterocycles. The predicted octanol–water partition coefficient (Wildman–Crippen LogP) is 2.29. The molecule has 1 aliphatic heterocycles. The van der Waals surface area contributed by atoms with Crippen molar-refractivity contribution >= 4 is 29.7 Å². The van der Waals surface area contributed by atoms with Crippen LogP contribution in [0.3, 0.4) is 0 Å². The Kier molecular flexibility index (Phi) is 14.0. The average Bonchev–Trinajstić information content (AvgIpc) is 3.36. The average molecular weight is 426 g/mol. The van der Waals surface area contributed by atoms with E-state index in [2.05, 4.69) is 34.1 Å². The van der Waals surface area contributed by atoms with Crippen molar-refractivity contribution < 1.29 is 19.4 Å². The molecule has 2 aromatic heterocycles. The fourth-order valence-electron chi connectivity index (χ4n) is 2.28. The first-order valence-corrected chi connectivity index (χ1v) is 10.1. The molecule has 3 rings (SSSR count). The van der Waals surface area contributed by atoms with E-state index >= 15 is 0 Å². The second kappa shape index (κ2) is 15.3. The summed E-state index contributed by atoms with van der Waals surface area (Å²) in [5.41, 5.74) is 0.483. The van der Waals surface area contributed by atoms with Crippen molar-refractivity contribution in [2.45, 2.75) is 66.2 Å². The van der Waals surface area contributed by atoms with Crippen LogP contribution in [0.1, 0.15) is 60.1 Å². The van der Waals surface area contributed by atoms with Gasteiger partial charge in [-0.15, -0.1) is 0 Å².